The second-order valence-corrected chi connectivity index (χ2v) is 6.59. The number of thioether (sulfide) groups is 1. The summed E-state index contributed by atoms with van der Waals surface area (Å²) in [5, 5.41) is 12.5. The van der Waals surface area contributed by atoms with Gasteiger partial charge < -0.3 is 0 Å². The van der Waals surface area contributed by atoms with E-state index in [1.54, 1.807) is 12.1 Å². The van der Waals surface area contributed by atoms with E-state index in [1.807, 2.05) is 12.3 Å². The molecule has 0 aliphatic carbocycles. The van der Waals surface area contributed by atoms with Gasteiger partial charge in [-0.25, -0.2) is 14.4 Å². The maximum atomic E-state index is 13.1. The Labute approximate surface area is 129 Å². The van der Waals surface area contributed by atoms with Crippen molar-refractivity contribution in [3.05, 3.63) is 41.8 Å². The average Bonchev–Trinajstić information content (AvgIpc) is 2.93. The topological polar surface area (TPSA) is 49.6 Å². The third-order valence-corrected chi connectivity index (χ3v) is 4.84. The molecule has 0 fully saturated rings. The van der Waals surface area contributed by atoms with Crippen LogP contribution in [0.15, 0.2) is 41.0 Å². The second-order valence-electron chi connectivity index (χ2n) is 4.40. The lowest BCUT2D eigenvalue weighted by molar-refractivity contribution is 0.628. The lowest BCUT2D eigenvalue weighted by Gasteiger charge is -2.06. The smallest absolute Gasteiger partial charge is 0.128 e. The SMILES string of the molecule is C[C@H](C#N)Sc1ncnc2scc(-c3ccc(F)cc3)c12. The van der Waals surface area contributed by atoms with E-state index in [-0.39, 0.29) is 11.1 Å². The molecule has 1 atom stereocenters. The summed E-state index contributed by atoms with van der Waals surface area (Å²) in [5.41, 5.74) is 1.90. The fourth-order valence-corrected chi connectivity index (χ4v) is 3.77. The van der Waals surface area contributed by atoms with Crippen LogP contribution < -0.4 is 0 Å². The molecule has 0 spiro atoms. The Bertz CT molecular complexity index is 821. The minimum absolute atomic E-state index is 0.191. The van der Waals surface area contributed by atoms with Crippen molar-refractivity contribution in [1.29, 1.82) is 5.26 Å². The number of halogens is 1. The van der Waals surface area contributed by atoms with Crippen molar-refractivity contribution in [2.75, 3.05) is 0 Å². The maximum Gasteiger partial charge on any atom is 0.128 e. The first-order valence-corrected chi connectivity index (χ1v) is 7.99. The molecular weight excluding hydrogens is 305 g/mol. The average molecular weight is 315 g/mol. The fourth-order valence-electron chi connectivity index (χ4n) is 1.97. The summed E-state index contributed by atoms with van der Waals surface area (Å²) in [7, 11) is 0. The van der Waals surface area contributed by atoms with E-state index >= 15 is 0 Å². The number of hydrogen-bond donors (Lipinski definition) is 0. The molecule has 0 amide bonds. The van der Waals surface area contributed by atoms with Gasteiger partial charge in [0, 0.05) is 10.9 Å². The van der Waals surface area contributed by atoms with Crippen molar-refractivity contribution in [3.63, 3.8) is 0 Å². The quantitative estimate of drug-likeness (QED) is 0.527. The number of thiophene rings is 1. The van der Waals surface area contributed by atoms with Crippen molar-refractivity contribution in [2.24, 2.45) is 0 Å². The molecule has 0 N–H and O–H groups in total. The van der Waals surface area contributed by atoms with E-state index in [2.05, 4.69) is 16.0 Å². The second kappa shape index (κ2) is 5.80. The van der Waals surface area contributed by atoms with Crippen LogP contribution in [0.25, 0.3) is 21.3 Å². The Morgan fingerprint density at radius 2 is 2.05 bits per heavy atom. The van der Waals surface area contributed by atoms with Gasteiger partial charge in [0.05, 0.1) is 16.7 Å². The van der Waals surface area contributed by atoms with Gasteiger partial charge in [-0.1, -0.05) is 23.9 Å². The number of hydrogen-bond acceptors (Lipinski definition) is 5. The van der Waals surface area contributed by atoms with Gasteiger partial charge in [0.2, 0.25) is 0 Å². The zero-order valence-corrected chi connectivity index (χ0v) is 12.7. The van der Waals surface area contributed by atoms with Crippen molar-refractivity contribution in [3.8, 4) is 17.2 Å². The number of benzene rings is 1. The van der Waals surface area contributed by atoms with Gasteiger partial charge in [0.25, 0.3) is 0 Å². The van der Waals surface area contributed by atoms with Crippen LogP contribution in [0.5, 0.6) is 0 Å². The van der Waals surface area contributed by atoms with Crippen molar-refractivity contribution >= 4 is 33.3 Å². The predicted octanol–water partition coefficient (Wildman–Crippen LogP) is 4.50. The van der Waals surface area contributed by atoms with Crippen LogP contribution >= 0.6 is 23.1 Å². The van der Waals surface area contributed by atoms with E-state index < -0.39 is 0 Å². The molecule has 0 unspecified atom stereocenters. The molecule has 0 saturated heterocycles. The highest BCUT2D eigenvalue weighted by molar-refractivity contribution is 8.00. The Balaban J connectivity index is 2.16. The first-order valence-electron chi connectivity index (χ1n) is 6.23. The van der Waals surface area contributed by atoms with E-state index in [9.17, 15) is 4.39 Å². The van der Waals surface area contributed by atoms with Gasteiger partial charge in [0.15, 0.2) is 0 Å². The first-order chi connectivity index (χ1) is 10.2. The minimum atomic E-state index is -0.262. The van der Waals surface area contributed by atoms with E-state index in [0.717, 1.165) is 26.4 Å². The van der Waals surface area contributed by atoms with Gasteiger partial charge in [-0.2, -0.15) is 5.26 Å². The highest BCUT2D eigenvalue weighted by Gasteiger charge is 2.15. The largest absolute Gasteiger partial charge is 0.229 e. The van der Waals surface area contributed by atoms with E-state index in [4.69, 9.17) is 5.26 Å². The molecule has 0 aliphatic rings. The molecular formula is C15H10FN3S2. The normalized spacial score (nSPS) is 12.2. The highest BCUT2D eigenvalue weighted by Crippen LogP contribution is 2.38. The summed E-state index contributed by atoms with van der Waals surface area (Å²) in [6.07, 6.45) is 1.51. The maximum absolute atomic E-state index is 13.1. The predicted molar refractivity (Wildman–Crippen MR) is 83.7 cm³/mol. The lowest BCUT2D eigenvalue weighted by Crippen LogP contribution is -1.93. The van der Waals surface area contributed by atoms with Crippen molar-refractivity contribution in [2.45, 2.75) is 17.2 Å². The molecule has 0 bridgehead atoms. The summed E-state index contributed by atoms with van der Waals surface area (Å²) in [6, 6.07) is 8.55. The number of nitrogens with zero attached hydrogens (tertiary/aromatic N) is 3. The monoisotopic (exact) mass is 315 g/mol. The molecule has 2 heterocycles. The van der Waals surface area contributed by atoms with Crippen LogP contribution in [-0.2, 0) is 0 Å². The summed E-state index contributed by atoms with van der Waals surface area (Å²) >= 11 is 2.93. The molecule has 3 aromatic rings. The molecule has 0 saturated carbocycles. The molecule has 2 aromatic heterocycles. The standard InChI is InChI=1S/C15H10FN3S2/c1-9(6-17)21-15-13-12(7-20-14(13)18-8-19-15)10-2-4-11(16)5-3-10/h2-5,7-9H,1H3/t9-/m1/s1. The summed E-state index contributed by atoms with van der Waals surface area (Å²) < 4.78 is 13.1. The van der Waals surface area contributed by atoms with Crippen LogP contribution in [0.1, 0.15) is 6.92 Å². The Morgan fingerprint density at radius 3 is 2.76 bits per heavy atom. The molecule has 0 aliphatic heterocycles. The minimum Gasteiger partial charge on any atom is -0.229 e. The Hall–Kier alpha value is -1.97. The molecule has 0 radical (unpaired) electrons. The van der Waals surface area contributed by atoms with Crippen LogP contribution in [0.4, 0.5) is 4.39 Å². The fraction of sp³-hybridized carbons (Fsp3) is 0.133. The summed E-state index contributed by atoms with van der Waals surface area (Å²) in [6.45, 7) is 1.84. The van der Waals surface area contributed by atoms with Gasteiger partial charge in [-0.3, -0.25) is 0 Å². The zero-order chi connectivity index (χ0) is 14.8. The van der Waals surface area contributed by atoms with Crippen LogP contribution in [0.2, 0.25) is 0 Å². The lowest BCUT2D eigenvalue weighted by atomic mass is 10.1. The van der Waals surface area contributed by atoms with Crippen LogP contribution in [0.3, 0.4) is 0 Å². The van der Waals surface area contributed by atoms with Gasteiger partial charge in [0.1, 0.15) is 22.0 Å². The molecule has 3 nitrogen and oxygen atoms in total. The molecule has 6 heteroatoms. The van der Waals surface area contributed by atoms with E-state index in [1.165, 1.54) is 41.6 Å². The zero-order valence-electron chi connectivity index (χ0n) is 11.1. The molecule has 1 aromatic carbocycles. The number of fused-ring (bicyclic) bond motifs is 1. The third kappa shape index (κ3) is 2.75. The van der Waals surface area contributed by atoms with Gasteiger partial charge in [-0.05, 0) is 24.6 Å². The van der Waals surface area contributed by atoms with Gasteiger partial charge >= 0.3 is 0 Å². The Kier molecular flexibility index (Phi) is 3.86. The van der Waals surface area contributed by atoms with Gasteiger partial charge in [-0.15, -0.1) is 11.3 Å². The third-order valence-electron chi connectivity index (χ3n) is 2.96. The van der Waals surface area contributed by atoms with Crippen molar-refractivity contribution in [1.82, 2.24) is 9.97 Å². The van der Waals surface area contributed by atoms with E-state index in [0.29, 0.717) is 0 Å². The van der Waals surface area contributed by atoms with Crippen LogP contribution in [-0.4, -0.2) is 15.2 Å². The summed E-state index contributed by atoms with van der Waals surface area (Å²) in [5.74, 6) is -0.262. The molecule has 104 valence electrons. The highest BCUT2D eigenvalue weighted by atomic mass is 32.2. The first kappa shape index (κ1) is 14.0. The summed E-state index contributed by atoms with van der Waals surface area (Å²) in [4.78, 5) is 9.45. The number of nitriles is 1. The van der Waals surface area contributed by atoms with Crippen molar-refractivity contribution < 1.29 is 4.39 Å². The Morgan fingerprint density at radius 1 is 1.29 bits per heavy atom. The number of rotatable bonds is 3. The molecule has 3 rings (SSSR count). The molecule has 21 heavy (non-hydrogen) atoms. The number of aromatic nitrogens is 2. The van der Waals surface area contributed by atoms with Crippen LogP contribution in [0, 0.1) is 17.1 Å².